The zero-order chi connectivity index (χ0) is 14.9. The molecular weight excluding hydrogens is 308 g/mol. The molecule has 1 aliphatic heterocycles. The summed E-state index contributed by atoms with van der Waals surface area (Å²) >= 11 is 1.54. The van der Waals surface area contributed by atoms with E-state index in [4.69, 9.17) is 4.74 Å². The Labute approximate surface area is 128 Å². The third-order valence-corrected chi connectivity index (χ3v) is 5.47. The second kappa shape index (κ2) is 5.55. The first-order valence-electron chi connectivity index (χ1n) is 7.08. The standard InChI is InChI=1S/C14H18N2O3S2/c1-2-19-13-14(12-8-9-20-10-12,16-21(17,18)15-13)11-6-4-3-5-7-11/h6,8-10,16H,2-5,7H2,1H3/t14-/m0/s1. The number of nitrogens with zero attached hydrogens (tertiary/aromatic N) is 1. The summed E-state index contributed by atoms with van der Waals surface area (Å²) in [5.41, 5.74) is 0.976. The minimum Gasteiger partial charge on any atom is -0.479 e. The van der Waals surface area contributed by atoms with E-state index in [9.17, 15) is 8.42 Å². The van der Waals surface area contributed by atoms with Crippen LogP contribution in [0.2, 0.25) is 0 Å². The molecule has 114 valence electrons. The Bertz CT molecular complexity index is 677. The van der Waals surface area contributed by atoms with Gasteiger partial charge in [0.25, 0.3) is 0 Å². The van der Waals surface area contributed by atoms with Crippen LogP contribution in [-0.2, 0) is 20.5 Å². The molecule has 1 atom stereocenters. The fraction of sp³-hybridized carbons (Fsp3) is 0.500. The van der Waals surface area contributed by atoms with E-state index in [1.165, 1.54) is 11.3 Å². The molecule has 0 fully saturated rings. The van der Waals surface area contributed by atoms with Crippen molar-refractivity contribution >= 4 is 27.4 Å². The molecular formula is C14H18N2O3S2. The van der Waals surface area contributed by atoms with Crippen LogP contribution in [0.4, 0.5) is 0 Å². The highest BCUT2D eigenvalue weighted by Crippen LogP contribution is 2.41. The van der Waals surface area contributed by atoms with Gasteiger partial charge in [0.05, 0.1) is 6.61 Å². The highest BCUT2D eigenvalue weighted by molar-refractivity contribution is 7.88. The van der Waals surface area contributed by atoms with Gasteiger partial charge >= 0.3 is 10.2 Å². The van der Waals surface area contributed by atoms with Gasteiger partial charge in [-0.25, -0.2) is 0 Å². The van der Waals surface area contributed by atoms with E-state index in [-0.39, 0.29) is 5.90 Å². The Balaban J connectivity index is 2.18. The molecule has 0 aromatic carbocycles. The maximum atomic E-state index is 12.1. The van der Waals surface area contributed by atoms with Crippen molar-refractivity contribution in [1.82, 2.24) is 4.72 Å². The molecule has 0 saturated heterocycles. The van der Waals surface area contributed by atoms with E-state index >= 15 is 0 Å². The lowest BCUT2D eigenvalue weighted by Gasteiger charge is -2.33. The number of hydrogen-bond donors (Lipinski definition) is 1. The van der Waals surface area contributed by atoms with E-state index in [0.717, 1.165) is 36.8 Å². The predicted molar refractivity (Wildman–Crippen MR) is 83.7 cm³/mol. The lowest BCUT2D eigenvalue weighted by Crippen LogP contribution is -2.48. The Hall–Kier alpha value is -1.18. The van der Waals surface area contributed by atoms with Gasteiger partial charge in [-0.15, -0.1) is 4.40 Å². The van der Waals surface area contributed by atoms with Crippen LogP contribution in [0.1, 0.15) is 38.2 Å². The Morgan fingerprint density at radius 1 is 1.48 bits per heavy atom. The summed E-state index contributed by atoms with van der Waals surface area (Å²) in [5.74, 6) is 0.247. The molecule has 1 aromatic rings. The van der Waals surface area contributed by atoms with E-state index in [0.29, 0.717) is 6.61 Å². The summed E-state index contributed by atoms with van der Waals surface area (Å²) in [6.45, 7) is 2.22. The predicted octanol–water partition coefficient (Wildman–Crippen LogP) is 2.73. The zero-order valence-corrected chi connectivity index (χ0v) is 13.5. The second-order valence-corrected chi connectivity index (χ2v) is 7.26. The van der Waals surface area contributed by atoms with Crippen LogP contribution in [0.25, 0.3) is 0 Å². The second-order valence-electron chi connectivity index (χ2n) is 5.14. The first-order valence-corrected chi connectivity index (χ1v) is 9.46. The summed E-state index contributed by atoms with van der Waals surface area (Å²) < 4.78 is 36.3. The van der Waals surface area contributed by atoms with Crippen LogP contribution in [-0.4, -0.2) is 20.9 Å². The van der Waals surface area contributed by atoms with E-state index in [1.54, 1.807) is 0 Å². The van der Waals surface area contributed by atoms with Crippen LogP contribution < -0.4 is 4.72 Å². The van der Waals surface area contributed by atoms with E-state index in [2.05, 4.69) is 15.2 Å². The fourth-order valence-electron chi connectivity index (χ4n) is 2.94. The number of nitrogens with one attached hydrogen (secondary N) is 1. The maximum absolute atomic E-state index is 12.1. The number of allylic oxidation sites excluding steroid dienone is 1. The molecule has 1 aliphatic carbocycles. The van der Waals surface area contributed by atoms with Crippen LogP contribution >= 0.6 is 11.3 Å². The zero-order valence-electron chi connectivity index (χ0n) is 11.8. The molecule has 2 heterocycles. The Kier molecular flexibility index (Phi) is 3.90. The minimum atomic E-state index is -3.72. The lowest BCUT2D eigenvalue weighted by molar-refractivity contribution is 0.295. The number of rotatable bonds is 3. The summed E-state index contributed by atoms with van der Waals surface area (Å²) in [7, 11) is -3.72. The summed E-state index contributed by atoms with van der Waals surface area (Å²) in [6.07, 6.45) is 6.13. The van der Waals surface area contributed by atoms with Crippen molar-refractivity contribution in [2.45, 2.75) is 38.1 Å². The van der Waals surface area contributed by atoms with Gasteiger partial charge in [-0.05, 0) is 60.6 Å². The van der Waals surface area contributed by atoms with Gasteiger partial charge in [-0.2, -0.15) is 24.5 Å². The molecule has 5 nitrogen and oxygen atoms in total. The topological polar surface area (TPSA) is 67.8 Å². The van der Waals surface area contributed by atoms with Crippen molar-refractivity contribution in [3.05, 3.63) is 34.0 Å². The molecule has 21 heavy (non-hydrogen) atoms. The number of hydrogen-bond acceptors (Lipinski definition) is 4. The third-order valence-electron chi connectivity index (χ3n) is 3.81. The number of ether oxygens (including phenoxy) is 1. The molecule has 0 bridgehead atoms. The van der Waals surface area contributed by atoms with Crippen LogP contribution in [0.15, 0.2) is 32.9 Å². The molecule has 0 spiro atoms. The lowest BCUT2D eigenvalue weighted by atomic mass is 9.79. The van der Waals surface area contributed by atoms with Crippen LogP contribution in [0.5, 0.6) is 0 Å². The van der Waals surface area contributed by atoms with Crippen molar-refractivity contribution in [2.75, 3.05) is 6.61 Å². The molecule has 7 heteroatoms. The molecule has 0 unspecified atom stereocenters. The fourth-order valence-corrected chi connectivity index (χ4v) is 4.82. The molecule has 3 rings (SSSR count). The minimum absolute atomic E-state index is 0.247. The Morgan fingerprint density at radius 3 is 2.95 bits per heavy atom. The van der Waals surface area contributed by atoms with E-state index < -0.39 is 15.7 Å². The molecule has 1 N–H and O–H groups in total. The van der Waals surface area contributed by atoms with Gasteiger partial charge in [-0.3, -0.25) is 0 Å². The van der Waals surface area contributed by atoms with Crippen molar-refractivity contribution in [1.29, 1.82) is 0 Å². The van der Waals surface area contributed by atoms with Gasteiger partial charge in [0.2, 0.25) is 5.90 Å². The van der Waals surface area contributed by atoms with Gasteiger partial charge in [0.1, 0.15) is 0 Å². The average Bonchev–Trinajstić information content (AvgIpc) is 3.07. The van der Waals surface area contributed by atoms with Gasteiger partial charge < -0.3 is 4.74 Å². The molecule has 0 saturated carbocycles. The summed E-state index contributed by atoms with van der Waals surface area (Å²) in [6, 6.07) is 1.93. The monoisotopic (exact) mass is 326 g/mol. The highest BCUT2D eigenvalue weighted by Gasteiger charge is 2.51. The molecule has 2 aliphatic rings. The third kappa shape index (κ3) is 2.54. The maximum Gasteiger partial charge on any atom is 0.324 e. The normalized spacial score (nSPS) is 28.0. The molecule has 1 aromatic heterocycles. The van der Waals surface area contributed by atoms with Crippen molar-refractivity contribution < 1.29 is 13.2 Å². The molecule has 0 amide bonds. The number of thiophene rings is 1. The highest BCUT2D eigenvalue weighted by atomic mass is 32.2. The van der Waals surface area contributed by atoms with Gasteiger partial charge in [-0.1, -0.05) is 6.08 Å². The van der Waals surface area contributed by atoms with Gasteiger partial charge in [0.15, 0.2) is 5.54 Å². The molecule has 0 radical (unpaired) electrons. The van der Waals surface area contributed by atoms with Crippen LogP contribution in [0.3, 0.4) is 0 Å². The van der Waals surface area contributed by atoms with Crippen molar-refractivity contribution in [2.24, 2.45) is 4.40 Å². The smallest absolute Gasteiger partial charge is 0.324 e. The first kappa shape index (κ1) is 14.7. The largest absolute Gasteiger partial charge is 0.479 e. The van der Waals surface area contributed by atoms with Crippen molar-refractivity contribution in [3.63, 3.8) is 0 Å². The van der Waals surface area contributed by atoms with Crippen LogP contribution in [0, 0.1) is 0 Å². The Morgan fingerprint density at radius 2 is 2.33 bits per heavy atom. The summed E-state index contributed by atoms with van der Waals surface area (Å²) in [5, 5.41) is 3.90. The van der Waals surface area contributed by atoms with Gasteiger partial charge in [0, 0.05) is 0 Å². The summed E-state index contributed by atoms with van der Waals surface area (Å²) in [4.78, 5) is 0. The first-order chi connectivity index (χ1) is 10.1. The SMILES string of the molecule is CCOC1=NS(=O)(=O)N[C@@]1(C1=CCCCC1)c1ccsc1. The quantitative estimate of drug-likeness (QED) is 0.869. The van der Waals surface area contributed by atoms with E-state index in [1.807, 2.05) is 23.8 Å². The average molecular weight is 326 g/mol. The van der Waals surface area contributed by atoms with Crippen molar-refractivity contribution in [3.8, 4) is 0 Å².